The van der Waals surface area contributed by atoms with Crippen LogP contribution in [0, 0.1) is 11.8 Å². The smallest absolute Gasteiger partial charge is 0.0643 e. The molecule has 0 aromatic carbocycles. The Morgan fingerprint density at radius 3 is 2.62 bits per heavy atom. The summed E-state index contributed by atoms with van der Waals surface area (Å²) >= 11 is 0. The van der Waals surface area contributed by atoms with Crippen molar-refractivity contribution in [3.63, 3.8) is 0 Å². The van der Waals surface area contributed by atoms with E-state index in [1.54, 1.807) is 0 Å². The van der Waals surface area contributed by atoms with Gasteiger partial charge >= 0.3 is 0 Å². The van der Waals surface area contributed by atoms with Gasteiger partial charge in [-0.2, -0.15) is 0 Å². The Balaban J connectivity index is 1.86. The van der Waals surface area contributed by atoms with Crippen molar-refractivity contribution < 1.29 is 4.74 Å². The minimum atomic E-state index is 0.563. The van der Waals surface area contributed by atoms with Crippen molar-refractivity contribution in [2.24, 2.45) is 11.8 Å². The van der Waals surface area contributed by atoms with Gasteiger partial charge in [-0.1, -0.05) is 26.2 Å². The summed E-state index contributed by atoms with van der Waals surface area (Å²) in [6.07, 6.45) is 10.3. The molecular weight excluding hydrogens is 198 g/mol. The lowest BCUT2D eigenvalue weighted by Gasteiger charge is -2.39. The lowest BCUT2D eigenvalue weighted by Crippen LogP contribution is -2.41. The summed E-state index contributed by atoms with van der Waals surface area (Å²) in [5.74, 6) is 1.63. The van der Waals surface area contributed by atoms with Crippen molar-refractivity contribution in [1.82, 2.24) is 5.32 Å². The highest BCUT2D eigenvalue weighted by atomic mass is 16.5. The lowest BCUT2D eigenvalue weighted by atomic mass is 9.78. The van der Waals surface area contributed by atoms with Gasteiger partial charge in [-0.25, -0.2) is 0 Å². The van der Waals surface area contributed by atoms with E-state index in [1.165, 1.54) is 44.9 Å². The molecule has 2 nitrogen and oxygen atoms in total. The monoisotopic (exact) mass is 225 g/mol. The van der Waals surface area contributed by atoms with Gasteiger partial charge < -0.3 is 10.1 Å². The van der Waals surface area contributed by atoms with Crippen LogP contribution in [0.5, 0.6) is 0 Å². The summed E-state index contributed by atoms with van der Waals surface area (Å²) in [6, 6.07) is 0. The highest BCUT2D eigenvalue weighted by Gasteiger charge is 2.32. The van der Waals surface area contributed by atoms with Crippen molar-refractivity contribution >= 4 is 0 Å². The van der Waals surface area contributed by atoms with Crippen molar-refractivity contribution in [3.8, 4) is 0 Å². The molecule has 0 amide bonds. The van der Waals surface area contributed by atoms with Crippen molar-refractivity contribution in [2.75, 3.05) is 19.7 Å². The molecule has 2 unspecified atom stereocenters. The van der Waals surface area contributed by atoms with Gasteiger partial charge in [-0.3, -0.25) is 0 Å². The van der Waals surface area contributed by atoms with Crippen LogP contribution in [-0.2, 0) is 4.74 Å². The van der Waals surface area contributed by atoms with Gasteiger partial charge in [0.2, 0.25) is 0 Å². The molecule has 94 valence electrons. The molecule has 16 heavy (non-hydrogen) atoms. The van der Waals surface area contributed by atoms with Crippen molar-refractivity contribution in [1.29, 1.82) is 0 Å². The first-order valence-corrected chi connectivity index (χ1v) is 7.24. The van der Waals surface area contributed by atoms with Crippen molar-refractivity contribution in [2.45, 2.75) is 58.0 Å². The molecule has 2 rings (SSSR count). The second kappa shape index (κ2) is 6.61. The molecule has 0 radical (unpaired) electrons. The third-order valence-corrected chi connectivity index (χ3v) is 4.27. The minimum Gasteiger partial charge on any atom is -0.378 e. The Hall–Kier alpha value is -0.0800. The van der Waals surface area contributed by atoms with Crippen LogP contribution in [0.4, 0.5) is 0 Å². The molecular formula is C14H27NO. The molecule has 1 aliphatic heterocycles. The molecule has 0 aromatic rings. The molecule has 2 aliphatic rings. The third-order valence-electron chi connectivity index (χ3n) is 4.27. The van der Waals surface area contributed by atoms with Crippen LogP contribution in [0.15, 0.2) is 0 Å². The third kappa shape index (κ3) is 3.21. The van der Waals surface area contributed by atoms with Gasteiger partial charge in [0.05, 0.1) is 6.10 Å². The van der Waals surface area contributed by atoms with Gasteiger partial charge in [0.25, 0.3) is 0 Å². The zero-order valence-electron chi connectivity index (χ0n) is 10.7. The molecule has 1 heterocycles. The number of nitrogens with one attached hydrogen (secondary N) is 1. The molecule has 2 heteroatoms. The standard InChI is InChI=1S/C14H27NO/c1-2-15-11-13-9-6-10-16-14(13)12-7-4-3-5-8-12/h12-15H,2-11H2,1H3. The summed E-state index contributed by atoms with van der Waals surface area (Å²) in [5.41, 5.74) is 0. The maximum atomic E-state index is 6.09. The first-order chi connectivity index (χ1) is 7.92. The summed E-state index contributed by atoms with van der Waals surface area (Å²) in [7, 11) is 0. The predicted octanol–water partition coefficient (Wildman–Crippen LogP) is 2.97. The largest absolute Gasteiger partial charge is 0.378 e. The molecule has 1 saturated heterocycles. The Morgan fingerprint density at radius 1 is 1.06 bits per heavy atom. The van der Waals surface area contributed by atoms with Gasteiger partial charge in [0.15, 0.2) is 0 Å². The highest BCUT2D eigenvalue weighted by molar-refractivity contribution is 4.84. The zero-order valence-corrected chi connectivity index (χ0v) is 10.7. The molecule has 2 atom stereocenters. The Kier molecular flexibility index (Phi) is 5.11. The first-order valence-electron chi connectivity index (χ1n) is 7.24. The lowest BCUT2D eigenvalue weighted by molar-refractivity contribution is -0.0677. The summed E-state index contributed by atoms with van der Waals surface area (Å²) < 4.78 is 6.09. The summed E-state index contributed by atoms with van der Waals surface area (Å²) in [5, 5.41) is 3.51. The molecule has 2 fully saturated rings. The predicted molar refractivity (Wildman–Crippen MR) is 67.6 cm³/mol. The Bertz CT molecular complexity index is 189. The molecule has 1 aliphatic carbocycles. The maximum absolute atomic E-state index is 6.09. The average molecular weight is 225 g/mol. The van der Waals surface area contributed by atoms with E-state index < -0.39 is 0 Å². The number of hydrogen-bond acceptors (Lipinski definition) is 2. The van der Waals surface area contributed by atoms with Crippen LogP contribution < -0.4 is 5.32 Å². The number of rotatable bonds is 4. The van der Waals surface area contributed by atoms with Crippen LogP contribution in [0.3, 0.4) is 0 Å². The second-order valence-electron chi connectivity index (χ2n) is 5.44. The summed E-state index contributed by atoms with van der Waals surface area (Å²) in [6.45, 7) is 5.45. The Labute approximate surface area is 100 Å². The average Bonchev–Trinajstić information content (AvgIpc) is 2.38. The fraction of sp³-hybridized carbons (Fsp3) is 1.00. The molecule has 0 bridgehead atoms. The van der Waals surface area contributed by atoms with Gasteiger partial charge in [-0.15, -0.1) is 0 Å². The fourth-order valence-corrected chi connectivity index (χ4v) is 3.40. The van der Waals surface area contributed by atoms with Crippen LogP contribution in [0.25, 0.3) is 0 Å². The maximum Gasteiger partial charge on any atom is 0.0643 e. The summed E-state index contributed by atoms with van der Waals surface area (Å²) in [4.78, 5) is 0. The van der Waals surface area contributed by atoms with Gasteiger partial charge in [0, 0.05) is 13.2 Å². The van der Waals surface area contributed by atoms with Crippen LogP contribution in [0.2, 0.25) is 0 Å². The van der Waals surface area contributed by atoms with Crippen molar-refractivity contribution in [3.05, 3.63) is 0 Å². The number of hydrogen-bond donors (Lipinski definition) is 1. The van der Waals surface area contributed by atoms with Crippen LogP contribution in [-0.4, -0.2) is 25.8 Å². The second-order valence-corrected chi connectivity index (χ2v) is 5.44. The first kappa shape index (κ1) is 12.4. The van der Waals surface area contributed by atoms with E-state index in [0.717, 1.165) is 31.5 Å². The van der Waals surface area contributed by atoms with E-state index in [9.17, 15) is 0 Å². The number of ether oxygens (including phenoxy) is 1. The van der Waals surface area contributed by atoms with E-state index in [0.29, 0.717) is 6.10 Å². The van der Waals surface area contributed by atoms with E-state index in [4.69, 9.17) is 4.74 Å². The molecule has 1 N–H and O–H groups in total. The highest BCUT2D eigenvalue weighted by Crippen LogP contribution is 2.34. The fourth-order valence-electron chi connectivity index (χ4n) is 3.40. The Morgan fingerprint density at radius 2 is 1.88 bits per heavy atom. The molecule has 0 spiro atoms. The molecule has 0 aromatic heterocycles. The molecule has 1 saturated carbocycles. The minimum absolute atomic E-state index is 0.563. The zero-order chi connectivity index (χ0) is 11.2. The van der Waals surface area contributed by atoms with E-state index in [2.05, 4.69) is 12.2 Å². The van der Waals surface area contributed by atoms with E-state index in [-0.39, 0.29) is 0 Å². The van der Waals surface area contributed by atoms with Crippen LogP contribution >= 0.6 is 0 Å². The van der Waals surface area contributed by atoms with E-state index >= 15 is 0 Å². The van der Waals surface area contributed by atoms with Crippen LogP contribution in [0.1, 0.15) is 51.9 Å². The van der Waals surface area contributed by atoms with Gasteiger partial charge in [0.1, 0.15) is 0 Å². The topological polar surface area (TPSA) is 21.3 Å². The van der Waals surface area contributed by atoms with Gasteiger partial charge in [-0.05, 0) is 44.1 Å². The SMILES string of the molecule is CCNCC1CCCOC1C1CCCCC1. The normalized spacial score (nSPS) is 32.8. The van der Waals surface area contributed by atoms with E-state index in [1.807, 2.05) is 0 Å². The quantitative estimate of drug-likeness (QED) is 0.794.